The van der Waals surface area contributed by atoms with E-state index in [2.05, 4.69) is 39.9 Å². The van der Waals surface area contributed by atoms with E-state index in [1.807, 2.05) is 19.1 Å². The van der Waals surface area contributed by atoms with Crippen LogP contribution >= 0.6 is 15.9 Å². The van der Waals surface area contributed by atoms with E-state index in [9.17, 15) is 4.79 Å². The van der Waals surface area contributed by atoms with Crippen molar-refractivity contribution in [1.29, 1.82) is 0 Å². The van der Waals surface area contributed by atoms with Crippen LogP contribution in [0.3, 0.4) is 0 Å². The van der Waals surface area contributed by atoms with E-state index < -0.39 is 0 Å². The number of hydrogen-bond acceptors (Lipinski definition) is 3. The van der Waals surface area contributed by atoms with Crippen LogP contribution in [0.15, 0.2) is 28.7 Å². The van der Waals surface area contributed by atoms with Gasteiger partial charge in [-0.3, -0.25) is 9.69 Å². The highest BCUT2D eigenvalue weighted by molar-refractivity contribution is 9.10. The Morgan fingerprint density at radius 2 is 2.05 bits per heavy atom. The first kappa shape index (κ1) is 16.5. The van der Waals surface area contributed by atoms with Crippen molar-refractivity contribution in [2.75, 3.05) is 19.7 Å². The Hall–Kier alpha value is -0.870. The molecule has 0 aliphatic carbocycles. The summed E-state index contributed by atoms with van der Waals surface area (Å²) in [5.74, 6) is -0.120. The van der Waals surface area contributed by atoms with E-state index >= 15 is 0 Å². The van der Waals surface area contributed by atoms with E-state index in [-0.39, 0.29) is 11.5 Å². The summed E-state index contributed by atoms with van der Waals surface area (Å²) < 4.78 is 6.25. The van der Waals surface area contributed by atoms with Gasteiger partial charge in [0, 0.05) is 4.47 Å². The SMILES string of the molecule is CCOC(=O)CC(C)(c1cccc(Br)c1)N1CCCCC1. The Balaban J connectivity index is 2.30. The standard InChI is InChI=1S/C17H24BrNO2/c1-3-21-16(20)13-17(2,19-10-5-4-6-11-19)14-8-7-9-15(18)12-14/h7-9,12H,3-6,10-11,13H2,1-2H3. The number of ether oxygens (including phenoxy) is 1. The summed E-state index contributed by atoms with van der Waals surface area (Å²) in [4.78, 5) is 14.5. The molecule has 1 aromatic rings. The van der Waals surface area contributed by atoms with Crippen LogP contribution in [-0.2, 0) is 15.1 Å². The van der Waals surface area contributed by atoms with Crippen molar-refractivity contribution in [3.05, 3.63) is 34.3 Å². The number of piperidine rings is 1. The Labute approximate surface area is 135 Å². The maximum atomic E-state index is 12.1. The second kappa shape index (κ2) is 7.41. The van der Waals surface area contributed by atoms with Gasteiger partial charge in [0.15, 0.2) is 0 Å². The van der Waals surface area contributed by atoms with E-state index in [1.165, 1.54) is 24.8 Å². The summed E-state index contributed by atoms with van der Waals surface area (Å²) >= 11 is 3.54. The molecule has 0 saturated carbocycles. The Morgan fingerprint density at radius 1 is 1.33 bits per heavy atom. The fraction of sp³-hybridized carbons (Fsp3) is 0.588. The van der Waals surface area contributed by atoms with Gasteiger partial charge in [-0.1, -0.05) is 34.5 Å². The lowest BCUT2D eigenvalue weighted by atomic mass is 9.85. The molecule has 1 aromatic carbocycles. The lowest BCUT2D eigenvalue weighted by Crippen LogP contribution is -2.48. The third-order valence-electron chi connectivity index (χ3n) is 4.29. The minimum absolute atomic E-state index is 0.120. The molecule has 1 atom stereocenters. The smallest absolute Gasteiger partial charge is 0.307 e. The summed E-state index contributed by atoms with van der Waals surface area (Å²) in [6.07, 6.45) is 4.08. The van der Waals surface area contributed by atoms with Gasteiger partial charge in [0.05, 0.1) is 18.6 Å². The molecular formula is C17H24BrNO2. The first-order chi connectivity index (χ1) is 10.1. The molecule has 0 aromatic heterocycles. The molecule has 1 unspecified atom stereocenters. The molecule has 2 rings (SSSR count). The van der Waals surface area contributed by atoms with Crippen molar-refractivity contribution in [2.24, 2.45) is 0 Å². The van der Waals surface area contributed by atoms with Gasteiger partial charge in [-0.25, -0.2) is 0 Å². The number of halogens is 1. The zero-order chi connectivity index (χ0) is 15.3. The van der Waals surface area contributed by atoms with Gasteiger partial charge in [-0.15, -0.1) is 0 Å². The van der Waals surface area contributed by atoms with E-state index in [0.29, 0.717) is 13.0 Å². The van der Waals surface area contributed by atoms with Crippen molar-refractivity contribution in [1.82, 2.24) is 4.90 Å². The van der Waals surface area contributed by atoms with Crippen LogP contribution in [0.25, 0.3) is 0 Å². The zero-order valence-electron chi connectivity index (χ0n) is 12.9. The van der Waals surface area contributed by atoms with Gasteiger partial charge in [0.2, 0.25) is 0 Å². The lowest BCUT2D eigenvalue weighted by molar-refractivity contribution is -0.146. The number of benzene rings is 1. The molecular weight excluding hydrogens is 330 g/mol. The van der Waals surface area contributed by atoms with Crippen LogP contribution in [0, 0.1) is 0 Å². The van der Waals surface area contributed by atoms with Crippen LogP contribution in [0.1, 0.15) is 45.1 Å². The minimum Gasteiger partial charge on any atom is -0.466 e. The van der Waals surface area contributed by atoms with Gasteiger partial charge < -0.3 is 4.74 Å². The predicted molar refractivity (Wildman–Crippen MR) is 88.2 cm³/mol. The number of rotatable bonds is 5. The quantitative estimate of drug-likeness (QED) is 0.746. The molecule has 21 heavy (non-hydrogen) atoms. The van der Waals surface area contributed by atoms with Crippen LogP contribution < -0.4 is 0 Å². The third-order valence-corrected chi connectivity index (χ3v) is 4.79. The molecule has 0 bridgehead atoms. The van der Waals surface area contributed by atoms with Gasteiger partial charge in [-0.2, -0.15) is 0 Å². The molecule has 0 spiro atoms. The van der Waals surface area contributed by atoms with Gasteiger partial charge in [0.1, 0.15) is 0 Å². The zero-order valence-corrected chi connectivity index (χ0v) is 14.5. The third kappa shape index (κ3) is 4.07. The molecule has 1 fully saturated rings. The second-order valence-electron chi connectivity index (χ2n) is 5.81. The Bertz CT molecular complexity index is 485. The number of nitrogens with zero attached hydrogens (tertiary/aromatic N) is 1. The van der Waals surface area contributed by atoms with Crippen molar-refractivity contribution in [2.45, 2.75) is 45.1 Å². The molecule has 0 N–H and O–H groups in total. The average Bonchev–Trinajstić information content (AvgIpc) is 2.48. The van der Waals surface area contributed by atoms with Gasteiger partial charge in [0.25, 0.3) is 0 Å². The monoisotopic (exact) mass is 353 g/mol. The first-order valence-electron chi connectivity index (χ1n) is 7.73. The molecule has 3 nitrogen and oxygen atoms in total. The highest BCUT2D eigenvalue weighted by atomic mass is 79.9. The number of likely N-dealkylation sites (tertiary alicyclic amines) is 1. The number of carbonyl (C=O) groups excluding carboxylic acids is 1. The summed E-state index contributed by atoms with van der Waals surface area (Å²) in [6, 6.07) is 8.28. The normalized spacial score (nSPS) is 19.0. The van der Waals surface area contributed by atoms with Crippen LogP contribution in [0.5, 0.6) is 0 Å². The maximum absolute atomic E-state index is 12.1. The molecule has 116 valence electrons. The highest BCUT2D eigenvalue weighted by Gasteiger charge is 2.37. The Morgan fingerprint density at radius 3 is 2.67 bits per heavy atom. The summed E-state index contributed by atoms with van der Waals surface area (Å²) in [5, 5.41) is 0. The molecule has 4 heteroatoms. The Kier molecular flexibility index (Phi) is 5.82. The topological polar surface area (TPSA) is 29.5 Å². The summed E-state index contributed by atoms with van der Waals surface area (Å²) in [6.45, 7) is 6.55. The minimum atomic E-state index is -0.295. The number of carbonyl (C=O) groups is 1. The number of esters is 1. The van der Waals surface area contributed by atoms with Crippen LogP contribution in [0.2, 0.25) is 0 Å². The second-order valence-corrected chi connectivity index (χ2v) is 6.73. The fourth-order valence-electron chi connectivity index (χ4n) is 3.10. The number of hydrogen-bond donors (Lipinski definition) is 0. The fourth-order valence-corrected chi connectivity index (χ4v) is 3.50. The molecule has 1 saturated heterocycles. The van der Waals surface area contributed by atoms with Crippen LogP contribution in [-0.4, -0.2) is 30.6 Å². The molecule has 1 heterocycles. The first-order valence-corrected chi connectivity index (χ1v) is 8.52. The van der Waals surface area contributed by atoms with Crippen molar-refractivity contribution in [3.8, 4) is 0 Å². The van der Waals surface area contributed by atoms with Crippen molar-refractivity contribution >= 4 is 21.9 Å². The van der Waals surface area contributed by atoms with Crippen molar-refractivity contribution < 1.29 is 9.53 Å². The molecule has 1 aliphatic heterocycles. The lowest BCUT2D eigenvalue weighted by Gasteiger charge is -2.43. The van der Waals surface area contributed by atoms with Gasteiger partial charge >= 0.3 is 5.97 Å². The maximum Gasteiger partial charge on any atom is 0.307 e. The summed E-state index contributed by atoms with van der Waals surface area (Å²) in [7, 11) is 0. The molecule has 0 radical (unpaired) electrons. The van der Waals surface area contributed by atoms with E-state index in [0.717, 1.165) is 17.6 Å². The van der Waals surface area contributed by atoms with E-state index in [4.69, 9.17) is 4.74 Å². The predicted octanol–water partition coefficient (Wildman–Crippen LogP) is 4.10. The largest absolute Gasteiger partial charge is 0.466 e. The molecule has 0 amide bonds. The van der Waals surface area contributed by atoms with Crippen LogP contribution in [0.4, 0.5) is 0 Å². The average molecular weight is 354 g/mol. The van der Waals surface area contributed by atoms with Gasteiger partial charge in [-0.05, 0) is 57.5 Å². The highest BCUT2D eigenvalue weighted by Crippen LogP contribution is 2.35. The summed E-state index contributed by atoms with van der Waals surface area (Å²) in [5.41, 5.74) is 0.878. The van der Waals surface area contributed by atoms with Crippen molar-refractivity contribution in [3.63, 3.8) is 0 Å². The van der Waals surface area contributed by atoms with E-state index in [1.54, 1.807) is 0 Å². The molecule has 1 aliphatic rings.